The van der Waals surface area contributed by atoms with Gasteiger partial charge in [-0.1, -0.05) is 101 Å². The molecule has 0 heterocycles. The largest absolute Gasteiger partial charge is 0.480 e. The minimum Gasteiger partial charge on any atom is -0.480 e. The highest BCUT2D eigenvalue weighted by Crippen LogP contribution is 2.10. The summed E-state index contributed by atoms with van der Waals surface area (Å²) in [5, 5.41) is 134. The van der Waals surface area contributed by atoms with E-state index >= 15 is 0 Å². The number of azide groups is 3. The summed E-state index contributed by atoms with van der Waals surface area (Å²) in [5.41, 5.74) is 62.3. The fourth-order valence-electron chi connectivity index (χ4n) is 6.43. The van der Waals surface area contributed by atoms with Crippen LogP contribution in [0.15, 0.2) is 15.3 Å². The molecule has 0 fully saturated rings. The van der Waals surface area contributed by atoms with Crippen LogP contribution in [0, 0.1) is 178 Å². The van der Waals surface area contributed by atoms with Crippen molar-refractivity contribution in [2.24, 2.45) is 79.0 Å². The van der Waals surface area contributed by atoms with Gasteiger partial charge in [0.15, 0.2) is 5.54 Å². The first kappa shape index (κ1) is 164. The van der Waals surface area contributed by atoms with Crippen molar-refractivity contribution in [1.29, 1.82) is 0 Å². The van der Waals surface area contributed by atoms with Crippen LogP contribution in [-0.2, 0) is 28.8 Å². The topological polar surface area (TPSA) is 796 Å². The van der Waals surface area contributed by atoms with Gasteiger partial charge >= 0.3 is 35.8 Å². The van der Waals surface area contributed by atoms with Crippen molar-refractivity contribution in [1.82, 2.24) is 42.5 Å². The Hall–Kier alpha value is -11.8. The average Bonchev–Trinajstić information content (AvgIpc) is 0.935. The van der Waals surface area contributed by atoms with Crippen molar-refractivity contribution < 1.29 is 90.0 Å². The molecular formula is C96H173N25O18. The zero-order chi connectivity index (χ0) is 111. The third kappa shape index (κ3) is 163. The number of aliphatic carboxylic acids is 6. The standard InChI is InChI=1S/C8H15N.C7H16N4.C7H11NO3.2C7H11NO2.C6H14N4.C6H9NO3.2C6H9NO2.C6H11NO.C6H11N.C5H12N4.2C5H9NO.C5H9N.C4H7NO/c1-3-5-6-8-9-7-4-2;1-2-5-9-6-3-4-7-10-11-8;1-2-3-4-8-6(5-9)7(10)11;1-3-4-5(2)6(8)7(9)10;1-3-5-7(8,4-2)6(9)10;1-2-4-8-5-3-6-9-10-7;1-2-3-7-5(4-8)6(9)10;1-3-6(7,4-2)5(8)9;1-3-4(2)5(7)6(8)9;1-2-3-4-7-5-6-8;1-3-5-7-6-4-2;1-2-3-7-4-5-8-9-6;1-2-3-5(6)4-7;1-2-3-5(7)4-6;1-3-5(2)4-6;1-2-4(5)3-6/h1,9H,4-8H2,2H3;9H,2-7H2,1H3;1,6,8-9H,3-5H2,(H,10,11);1,5-6H,4,8H2,2H3,(H,9,10);1H,4-5,8H2,2H3,(H,9,10);8H,2-6H2,1H3;1,5,7-8H,3-4H2,(H,9,10);1H,4,7H2,2H3,(H,8,9);1,4-5H,7H2,2H3,(H,8,9);1,7-8H,3-6H2;1,7H,4-6H2,2H3;7H,2-5H2,1H3;2*1,5,7H,3-4,6H2;1,5H,4,6H2,2H3;1,4,6H,3,5H2. The number of aliphatic hydroxyl groups excluding tert-OH is 6. The highest BCUT2D eigenvalue weighted by atomic mass is 16.4. The van der Waals surface area contributed by atoms with Crippen LogP contribution in [-0.4, -0.2) is 308 Å². The smallest absolute Gasteiger partial charge is 0.336 e. The lowest BCUT2D eigenvalue weighted by atomic mass is 9.94. The molecule has 36 N–H and O–H groups in total. The Labute approximate surface area is 831 Å². The van der Waals surface area contributed by atoms with Gasteiger partial charge in [-0.25, -0.2) is 4.79 Å². The second-order valence-electron chi connectivity index (χ2n) is 27.6. The van der Waals surface area contributed by atoms with Crippen LogP contribution in [0.5, 0.6) is 0 Å². The van der Waals surface area contributed by atoms with Crippen molar-refractivity contribution in [3.63, 3.8) is 0 Å². The molecule has 0 aromatic rings. The summed E-state index contributed by atoms with van der Waals surface area (Å²) in [6, 6.07) is -4.33. The molecule has 0 spiro atoms. The first-order valence-electron chi connectivity index (χ1n) is 44.6. The van der Waals surface area contributed by atoms with Gasteiger partial charge in [-0.3, -0.25) is 29.3 Å². The van der Waals surface area contributed by atoms with Crippen LogP contribution in [0.25, 0.3) is 31.3 Å². The first-order valence-corrected chi connectivity index (χ1v) is 44.6. The van der Waals surface area contributed by atoms with E-state index in [4.69, 9.17) is 207 Å². The molecule has 0 bridgehead atoms. The summed E-state index contributed by atoms with van der Waals surface area (Å²) in [5.74, 6) is 23.5. The van der Waals surface area contributed by atoms with Crippen molar-refractivity contribution >= 4 is 35.8 Å². The second-order valence-corrected chi connectivity index (χ2v) is 27.6. The van der Waals surface area contributed by atoms with E-state index in [1.165, 1.54) is 12.8 Å². The minimum atomic E-state index is -1.47. The quantitative estimate of drug-likeness (QED) is 0.0136. The maximum Gasteiger partial charge on any atom is 0.336 e. The van der Waals surface area contributed by atoms with Crippen LogP contribution in [0.2, 0.25) is 0 Å². The molecule has 0 aliphatic heterocycles. The fraction of sp³-hybridized carbons (Fsp3) is 0.667. The summed E-state index contributed by atoms with van der Waals surface area (Å²) >= 11 is 0. The SMILES string of the molecule is C#CC(C)C(N)C(=O)O.C#CC(C)CN.C#CC(N)(CC)C(=O)O.C#CC(N)CO.C#CCC(C)C(N)C(=O)O.C#CCC(N)(CC)C(=O)O.C#CCC(N)CO.C#CCC(O)CN.C#CCCCNCCC.C#CCCNC(CO)C(=O)O.C#CCCNCCO.C#CCNC(CO)C(=O)O.C#CCNCCC.CCCNCCCCN=[N+]=[N-].CCCNCCCN=[N+]=[N-].CCCNCCN=[N+]=[N-]. The number of nitrogens with two attached hydrogens (primary N) is 8. The van der Waals surface area contributed by atoms with E-state index in [-0.39, 0.29) is 63.6 Å². The lowest BCUT2D eigenvalue weighted by molar-refractivity contribution is -0.143. The normalized spacial score (nSPS) is 11.8. The maximum atomic E-state index is 10.4. The van der Waals surface area contributed by atoms with Crippen molar-refractivity contribution in [3.05, 3.63) is 31.3 Å². The van der Waals surface area contributed by atoms with Gasteiger partial charge in [-0.15, -0.1) is 137 Å². The molecule has 0 saturated heterocycles. The molecule has 0 rings (SSSR count). The Morgan fingerprint density at radius 2 is 0.820 bits per heavy atom. The van der Waals surface area contributed by atoms with E-state index in [0.717, 1.165) is 123 Å². The van der Waals surface area contributed by atoms with Gasteiger partial charge in [0.25, 0.3) is 0 Å². The Morgan fingerprint density at radius 1 is 0.403 bits per heavy atom. The van der Waals surface area contributed by atoms with Crippen LogP contribution in [0.1, 0.15) is 185 Å². The van der Waals surface area contributed by atoms with Gasteiger partial charge in [0.05, 0.1) is 58.3 Å². The molecule has 12 atom stereocenters. The Balaban J connectivity index is -0.0000000832. The van der Waals surface area contributed by atoms with Crippen LogP contribution in [0.3, 0.4) is 0 Å². The summed E-state index contributed by atoms with van der Waals surface area (Å²) in [6.45, 7) is 32.8. The number of hydrogen-bond donors (Lipinski definition) is 28. The minimum absolute atomic E-state index is 0.0236. The lowest BCUT2D eigenvalue weighted by Crippen LogP contribution is -2.46. The van der Waals surface area contributed by atoms with Crippen LogP contribution >= 0.6 is 0 Å². The monoisotopic (exact) mass is 1960 g/mol. The van der Waals surface area contributed by atoms with E-state index in [1.807, 2.05) is 12.8 Å². The second kappa shape index (κ2) is 144. The zero-order valence-corrected chi connectivity index (χ0v) is 83.9. The van der Waals surface area contributed by atoms with Gasteiger partial charge in [0, 0.05) is 136 Å². The van der Waals surface area contributed by atoms with E-state index in [1.54, 1.807) is 27.7 Å². The van der Waals surface area contributed by atoms with E-state index in [9.17, 15) is 28.8 Å². The van der Waals surface area contributed by atoms with Gasteiger partial charge in [-0.2, -0.15) is 0 Å². The Morgan fingerprint density at radius 3 is 1.09 bits per heavy atom. The van der Waals surface area contributed by atoms with E-state index in [0.29, 0.717) is 77.9 Å². The summed E-state index contributed by atoms with van der Waals surface area (Å²) in [6.07, 6.45) is 77.3. The molecule has 790 valence electrons. The molecular weight excluding hydrogens is 1790 g/mol. The number of carboxylic acids is 6. The van der Waals surface area contributed by atoms with Crippen molar-refractivity contribution in [3.8, 4) is 160 Å². The Bertz CT molecular complexity index is 3540. The highest BCUT2D eigenvalue weighted by Gasteiger charge is 2.31. The van der Waals surface area contributed by atoms with E-state index < -0.39 is 102 Å². The fourth-order valence-corrected chi connectivity index (χ4v) is 6.43. The molecule has 43 nitrogen and oxygen atoms in total. The van der Waals surface area contributed by atoms with Gasteiger partial charge in [0.1, 0.15) is 29.7 Å². The number of aliphatic hydroxyl groups is 6. The number of rotatable bonds is 55. The van der Waals surface area contributed by atoms with Crippen LogP contribution in [0.4, 0.5) is 0 Å². The molecule has 139 heavy (non-hydrogen) atoms. The number of unbranched alkanes of at least 4 members (excludes halogenated alkanes) is 2. The Kier molecular flexibility index (Phi) is 170. The third-order valence-corrected chi connectivity index (χ3v) is 15.3. The van der Waals surface area contributed by atoms with Gasteiger partial charge < -0.3 is 144 Å². The molecule has 0 aromatic heterocycles. The number of nitrogens with zero attached hydrogens (tertiary/aromatic N) is 9. The predicted molar refractivity (Wildman–Crippen MR) is 559 cm³/mol. The number of carboxylic acid groups (broad SMARTS) is 6. The summed E-state index contributed by atoms with van der Waals surface area (Å²) in [4.78, 5) is 69.3. The van der Waals surface area contributed by atoms with Crippen LogP contribution < -0.4 is 88.4 Å². The average molecular weight is 1970 g/mol. The lowest BCUT2D eigenvalue weighted by Gasteiger charge is -2.19. The van der Waals surface area contributed by atoms with Gasteiger partial charge in [-0.05, 0) is 152 Å². The number of terminal acetylenes is 13. The molecule has 43 heteroatoms. The third-order valence-electron chi connectivity index (χ3n) is 15.3. The molecule has 0 aliphatic rings. The summed E-state index contributed by atoms with van der Waals surface area (Å²) < 4.78 is 0. The summed E-state index contributed by atoms with van der Waals surface area (Å²) in [7, 11) is 0. The van der Waals surface area contributed by atoms with Crippen molar-refractivity contribution in [2.45, 2.75) is 238 Å². The number of carbonyl (C=O) groups is 6. The van der Waals surface area contributed by atoms with E-state index in [2.05, 4.69) is 178 Å². The molecule has 0 aromatic carbocycles. The first-order chi connectivity index (χ1) is 66.0. The molecule has 0 saturated carbocycles. The molecule has 0 radical (unpaired) electrons. The number of nitrogens with one attached hydrogen (secondary N) is 8. The molecule has 0 aliphatic carbocycles. The molecule has 0 amide bonds. The highest BCUT2D eigenvalue weighted by molar-refractivity contribution is 5.82. The number of hydrogen-bond acceptors (Lipinski definition) is 31. The predicted octanol–water partition coefficient (Wildman–Crippen LogP) is 1.92. The van der Waals surface area contributed by atoms with Gasteiger partial charge in [0.2, 0.25) is 0 Å². The van der Waals surface area contributed by atoms with Crippen molar-refractivity contribution in [2.75, 3.05) is 157 Å². The zero-order valence-electron chi connectivity index (χ0n) is 83.9. The maximum absolute atomic E-state index is 10.4. The molecule has 12 unspecified atom stereocenters.